The summed E-state index contributed by atoms with van der Waals surface area (Å²) in [6.45, 7) is 0. The molecule has 0 radical (unpaired) electrons. The Morgan fingerprint density at radius 1 is 1.26 bits per heavy atom. The van der Waals surface area contributed by atoms with Crippen LogP contribution in [0.4, 0.5) is 23.2 Å². The summed E-state index contributed by atoms with van der Waals surface area (Å²) in [7, 11) is -5.09. The minimum atomic E-state index is -6.23. The maximum Gasteiger partial charge on any atom is 0.534 e. The average Bonchev–Trinajstić information content (AvgIpc) is 2.54. The van der Waals surface area contributed by atoms with Gasteiger partial charge in [0, 0.05) is 17.8 Å². The van der Waals surface area contributed by atoms with Gasteiger partial charge in [-0.25, -0.2) is 9.37 Å². The van der Waals surface area contributed by atoms with Crippen molar-refractivity contribution in [3.05, 3.63) is 45.4 Å². The molecule has 146 valence electrons. The predicted octanol–water partition coefficient (Wildman–Crippen LogP) is 3.69. The Hall–Kier alpha value is -2.67. The summed E-state index contributed by atoms with van der Waals surface area (Å²) in [5.74, 6) is -2.73. The highest BCUT2D eigenvalue weighted by atomic mass is 35.5. The fraction of sp³-hybridized carbons (Fsp3) is 0.154. The first-order valence-corrected chi connectivity index (χ1v) is 8.35. The van der Waals surface area contributed by atoms with Crippen LogP contribution in [-0.2, 0) is 10.1 Å². The van der Waals surface area contributed by atoms with Gasteiger partial charge < -0.3 is 8.92 Å². The molecular formula is C13H7ClF4N2O6S. The summed E-state index contributed by atoms with van der Waals surface area (Å²) in [6, 6.07) is 2.63. The van der Waals surface area contributed by atoms with Gasteiger partial charge in [0.15, 0.2) is 11.6 Å². The first-order chi connectivity index (χ1) is 12.4. The lowest BCUT2D eigenvalue weighted by Gasteiger charge is -2.12. The zero-order valence-electron chi connectivity index (χ0n) is 13.0. The third kappa shape index (κ3) is 4.03. The van der Waals surface area contributed by atoms with Crippen LogP contribution in [0.1, 0.15) is 0 Å². The molecular weight excluding hydrogens is 424 g/mol. The van der Waals surface area contributed by atoms with Gasteiger partial charge in [-0.1, -0.05) is 11.6 Å². The molecule has 0 spiro atoms. The molecule has 14 heteroatoms. The molecule has 2 aromatic rings. The smallest absolute Gasteiger partial charge is 0.494 e. The summed E-state index contributed by atoms with van der Waals surface area (Å²) in [5, 5.41) is 11.1. The number of nitrogens with zero attached hydrogens (tertiary/aromatic N) is 2. The minimum absolute atomic E-state index is 0.257. The first-order valence-electron chi connectivity index (χ1n) is 6.56. The second-order valence-electron chi connectivity index (χ2n) is 4.72. The van der Waals surface area contributed by atoms with Gasteiger partial charge in [0.25, 0.3) is 0 Å². The van der Waals surface area contributed by atoms with E-state index in [1.807, 2.05) is 0 Å². The lowest BCUT2D eigenvalue weighted by atomic mass is 10.0. The number of benzene rings is 1. The highest BCUT2D eigenvalue weighted by molar-refractivity contribution is 7.88. The minimum Gasteiger partial charge on any atom is -0.494 e. The Morgan fingerprint density at radius 2 is 1.89 bits per heavy atom. The molecule has 8 nitrogen and oxygen atoms in total. The number of halogens is 5. The molecule has 0 amide bonds. The van der Waals surface area contributed by atoms with Crippen LogP contribution in [0.15, 0.2) is 24.4 Å². The molecule has 0 aliphatic carbocycles. The van der Waals surface area contributed by atoms with E-state index in [9.17, 15) is 36.1 Å². The topological polar surface area (TPSA) is 109 Å². The molecule has 2 rings (SSSR count). The quantitative estimate of drug-likeness (QED) is 0.234. The van der Waals surface area contributed by atoms with Crippen molar-refractivity contribution in [1.29, 1.82) is 0 Å². The summed E-state index contributed by atoms with van der Waals surface area (Å²) in [4.78, 5) is 13.3. The van der Waals surface area contributed by atoms with E-state index in [1.165, 1.54) is 0 Å². The molecule has 1 aromatic heterocycles. The molecule has 0 saturated heterocycles. The number of methoxy groups -OCH3 is 1. The summed E-state index contributed by atoms with van der Waals surface area (Å²) >= 11 is 5.92. The standard InChI is InChI=1S/C13H7ClF4N2O6S/c1-25-10-5-8(14)7(4-9(10)15)6-2-3-19-12(11(6)20(21)22)26-27(23,24)13(16,17)18/h2-5H,1H3. The van der Waals surface area contributed by atoms with Crippen LogP contribution in [0.25, 0.3) is 11.1 Å². The maximum absolute atomic E-state index is 13.9. The Morgan fingerprint density at radius 3 is 2.41 bits per heavy atom. The normalized spacial score (nSPS) is 11.9. The van der Waals surface area contributed by atoms with Crippen LogP contribution >= 0.6 is 11.6 Å². The summed E-state index contributed by atoms with van der Waals surface area (Å²) in [6.07, 6.45) is 0.738. The number of alkyl halides is 3. The highest BCUT2D eigenvalue weighted by Crippen LogP contribution is 2.42. The average molecular weight is 431 g/mol. The van der Waals surface area contributed by atoms with Crippen molar-refractivity contribution in [1.82, 2.24) is 4.98 Å². The summed E-state index contributed by atoms with van der Waals surface area (Å²) in [5.41, 5.74) is -7.94. The molecule has 0 N–H and O–H groups in total. The van der Waals surface area contributed by atoms with Crippen molar-refractivity contribution in [2.24, 2.45) is 0 Å². The van der Waals surface area contributed by atoms with Gasteiger partial charge >= 0.3 is 27.2 Å². The van der Waals surface area contributed by atoms with E-state index in [1.54, 1.807) is 0 Å². The molecule has 1 aromatic carbocycles. The third-order valence-corrected chi connectivity index (χ3v) is 4.33. The first kappa shape index (κ1) is 20.6. The van der Waals surface area contributed by atoms with E-state index in [0.717, 1.165) is 31.5 Å². The zero-order chi connectivity index (χ0) is 20.6. The number of hydrogen-bond acceptors (Lipinski definition) is 7. The fourth-order valence-corrected chi connectivity index (χ4v) is 2.61. The van der Waals surface area contributed by atoms with Crippen molar-refractivity contribution in [2.45, 2.75) is 5.51 Å². The second kappa shape index (κ2) is 7.15. The van der Waals surface area contributed by atoms with Crippen molar-refractivity contribution in [3.8, 4) is 22.8 Å². The molecule has 0 saturated carbocycles. The van der Waals surface area contributed by atoms with Crippen LogP contribution in [0.2, 0.25) is 5.02 Å². The number of pyridine rings is 1. The molecule has 0 bridgehead atoms. The molecule has 0 aliphatic heterocycles. The lowest BCUT2D eigenvalue weighted by Crippen LogP contribution is -2.28. The van der Waals surface area contributed by atoms with E-state index in [-0.39, 0.29) is 16.3 Å². The van der Waals surface area contributed by atoms with E-state index in [0.29, 0.717) is 0 Å². The van der Waals surface area contributed by atoms with Crippen molar-refractivity contribution in [2.75, 3.05) is 7.11 Å². The molecule has 1 heterocycles. The van der Waals surface area contributed by atoms with Gasteiger partial charge in [-0.2, -0.15) is 21.6 Å². The molecule has 0 atom stereocenters. The summed E-state index contributed by atoms with van der Waals surface area (Å²) < 4.78 is 82.1. The van der Waals surface area contributed by atoms with Crippen LogP contribution in [0.5, 0.6) is 11.6 Å². The zero-order valence-corrected chi connectivity index (χ0v) is 14.5. The van der Waals surface area contributed by atoms with E-state index in [4.69, 9.17) is 11.6 Å². The number of ether oxygens (including phenoxy) is 1. The van der Waals surface area contributed by atoms with Gasteiger partial charge in [0.1, 0.15) is 0 Å². The van der Waals surface area contributed by atoms with Gasteiger partial charge in [-0.05, 0) is 12.1 Å². The van der Waals surface area contributed by atoms with Crippen LogP contribution < -0.4 is 8.92 Å². The number of aromatic nitrogens is 1. The van der Waals surface area contributed by atoms with Crippen molar-refractivity contribution >= 4 is 27.4 Å². The monoisotopic (exact) mass is 430 g/mol. The molecule has 0 aliphatic rings. The third-order valence-electron chi connectivity index (χ3n) is 3.08. The van der Waals surface area contributed by atoms with E-state index in [2.05, 4.69) is 13.9 Å². The molecule has 27 heavy (non-hydrogen) atoms. The highest BCUT2D eigenvalue weighted by Gasteiger charge is 2.50. The SMILES string of the molecule is COc1cc(Cl)c(-c2ccnc(OS(=O)(=O)C(F)(F)F)c2[N+](=O)[O-])cc1F. The maximum atomic E-state index is 13.9. The number of hydrogen-bond donors (Lipinski definition) is 0. The Labute approximate surface area is 153 Å². The Kier molecular flexibility index (Phi) is 5.47. The number of rotatable bonds is 5. The van der Waals surface area contributed by atoms with Gasteiger partial charge in [-0.15, -0.1) is 0 Å². The lowest BCUT2D eigenvalue weighted by molar-refractivity contribution is -0.385. The number of nitro groups is 1. The van der Waals surface area contributed by atoms with Gasteiger partial charge in [0.05, 0.1) is 22.6 Å². The van der Waals surface area contributed by atoms with Crippen molar-refractivity contribution < 1.29 is 39.8 Å². The van der Waals surface area contributed by atoms with Crippen molar-refractivity contribution in [3.63, 3.8) is 0 Å². The largest absolute Gasteiger partial charge is 0.534 e. The fourth-order valence-electron chi connectivity index (χ4n) is 1.93. The molecule has 0 fully saturated rings. The van der Waals surface area contributed by atoms with E-state index < -0.39 is 43.5 Å². The van der Waals surface area contributed by atoms with Crippen LogP contribution in [0, 0.1) is 15.9 Å². The van der Waals surface area contributed by atoms with Crippen LogP contribution in [-0.4, -0.2) is 30.9 Å². The molecule has 0 unspecified atom stereocenters. The van der Waals surface area contributed by atoms with Gasteiger partial charge in [-0.3, -0.25) is 10.1 Å². The Balaban J connectivity index is 2.71. The van der Waals surface area contributed by atoms with Crippen LogP contribution in [0.3, 0.4) is 0 Å². The van der Waals surface area contributed by atoms with E-state index >= 15 is 0 Å². The Bertz CT molecular complexity index is 1010. The second-order valence-corrected chi connectivity index (χ2v) is 6.66. The van der Waals surface area contributed by atoms with Gasteiger partial charge in [0.2, 0.25) is 0 Å². The predicted molar refractivity (Wildman–Crippen MR) is 83.5 cm³/mol.